The molecule has 2 aromatic rings. The molecule has 1 N–H and O–H groups in total. The quantitative estimate of drug-likeness (QED) is 0.757. The molecule has 1 aliphatic rings. The lowest BCUT2D eigenvalue weighted by atomic mass is 10.1. The van der Waals surface area contributed by atoms with Gasteiger partial charge in [0.25, 0.3) is 0 Å². The number of thioether (sulfide) groups is 1. The second-order valence-electron chi connectivity index (χ2n) is 7.02. The zero-order chi connectivity index (χ0) is 21.5. The summed E-state index contributed by atoms with van der Waals surface area (Å²) in [6.45, 7) is 5.35. The average Bonchev–Trinajstić information content (AvgIpc) is 2.99. The minimum absolute atomic E-state index is 0.0395. The number of fused-ring (bicyclic) bond motifs is 1. The Morgan fingerprint density at radius 1 is 1.24 bits per heavy atom. The second kappa shape index (κ2) is 7.69. The summed E-state index contributed by atoms with van der Waals surface area (Å²) >= 11 is 1.18. The number of rotatable bonds is 4. The van der Waals surface area contributed by atoms with E-state index in [2.05, 4.69) is 15.5 Å². The van der Waals surface area contributed by atoms with E-state index in [1.54, 1.807) is 18.5 Å². The molecule has 2 heterocycles. The highest BCUT2D eigenvalue weighted by molar-refractivity contribution is 8.00. The van der Waals surface area contributed by atoms with E-state index in [0.717, 1.165) is 18.0 Å². The number of carbonyl (C=O) groups is 2. The Bertz CT molecular complexity index is 957. The summed E-state index contributed by atoms with van der Waals surface area (Å²) in [6, 6.07) is 2.93. The first-order valence-corrected chi connectivity index (χ1v) is 9.75. The fourth-order valence-corrected chi connectivity index (χ4v) is 3.91. The average molecular weight is 427 g/mol. The third kappa shape index (κ3) is 4.24. The van der Waals surface area contributed by atoms with Crippen LogP contribution >= 0.6 is 11.8 Å². The van der Waals surface area contributed by atoms with Crippen LogP contribution in [-0.4, -0.2) is 38.4 Å². The van der Waals surface area contributed by atoms with Gasteiger partial charge in [-0.1, -0.05) is 25.6 Å². The molecule has 7 nitrogen and oxygen atoms in total. The van der Waals surface area contributed by atoms with Crippen LogP contribution in [0.25, 0.3) is 0 Å². The Kier molecular flexibility index (Phi) is 5.61. The van der Waals surface area contributed by atoms with E-state index < -0.39 is 28.8 Å². The van der Waals surface area contributed by atoms with Crippen LogP contribution in [0.1, 0.15) is 38.1 Å². The molecule has 0 fully saturated rings. The van der Waals surface area contributed by atoms with Gasteiger partial charge in [0.2, 0.25) is 11.8 Å². The summed E-state index contributed by atoms with van der Waals surface area (Å²) in [5, 5.41) is 10.5. The third-order valence-electron chi connectivity index (χ3n) is 4.47. The molecular formula is C18H20F3N5O2S. The van der Waals surface area contributed by atoms with Crippen LogP contribution in [0.5, 0.6) is 0 Å². The Hall–Kier alpha value is -2.56. The van der Waals surface area contributed by atoms with E-state index in [0.29, 0.717) is 5.16 Å². The van der Waals surface area contributed by atoms with Crippen LogP contribution in [0.4, 0.5) is 24.5 Å². The lowest BCUT2D eigenvalue weighted by Crippen LogP contribution is -2.45. The van der Waals surface area contributed by atoms with Crippen molar-refractivity contribution >= 4 is 35.0 Å². The molecule has 1 aromatic heterocycles. The van der Waals surface area contributed by atoms with Crippen molar-refractivity contribution in [1.29, 1.82) is 0 Å². The number of nitrogens with one attached hydrogen (secondary N) is 1. The minimum atomic E-state index is -4.55. The fraction of sp³-hybridized carbons (Fsp3) is 0.444. The summed E-state index contributed by atoms with van der Waals surface area (Å²) in [5.41, 5.74) is -0.702. The Labute approximate surface area is 169 Å². The molecule has 29 heavy (non-hydrogen) atoms. The highest BCUT2D eigenvalue weighted by Crippen LogP contribution is 2.38. The zero-order valence-corrected chi connectivity index (χ0v) is 17.1. The molecule has 1 aromatic carbocycles. The first-order chi connectivity index (χ1) is 13.5. The third-order valence-corrected chi connectivity index (χ3v) is 5.59. The molecule has 0 radical (unpaired) electrons. The number of hydrogen-bond donors (Lipinski definition) is 1. The van der Waals surface area contributed by atoms with Crippen LogP contribution in [0.2, 0.25) is 0 Å². The first-order valence-electron chi connectivity index (χ1n) is 8.87. The monoisotopic (exact) mass is 427 g/mol. The number of benzene rings is 1. The molecule has 2 amide bonds. The van der Waals surface area contributed by atoms with Gasteiger partial charge in [-0.15, -0.1) is 10.2 Å². The molecule has 1 atom stereocenters. The predicted octanol–water partition coefficient (Wildman–Crippen LogP) is 3.42. The summed E-state index contributed by atoms with van der Waals surface area (Å²) in [4.78, 5) is 26.2. The predicted molar refractivity (Wildman–Crippen MR) is 103 cm³/mol. The molecule has 0 aliphatic carbocycles. The van der Waals surface area contributed by atoms with Crippen LogP contribution in [-0.2, 0) is 22.8 Å². The number of anilines is 2. The van der Waals surface area contributed by atoms with Crippen LogP contribution in [0.15, 0.2) is 23.4 Å². The van der Waals surface area contributed by atoms with Crippen molar-refractivity contribution in [2.24, 2.45) is 7.05 Å². The highest BCUT2D eigenvalue weighted by atomic mass is 32.2. The van der Waals surface area contributed by atoms with Crippen molar-refractivity contribution in [2.45, 2.75) is 43.3 Å². The maximum absolute atomic E-state index is 13.0. The molecule has 11 heteroatoms. The topological polar surface area (TPSA) is 80.1 Å². The van der Waals surface area contributed by atoms with Gasteiger partial charge in [-0.2, -0.15) is 13.2 Å². The second-order valence-corrected chi connectivity index (χ2v) is 8.32. The maximum Gasteiger partial charge on any atom is 0.416 e. The van der Waals surface area contributed by atoms with Crippen molar-refractivity contribution in [3.63, 3.8) is 0 Å². The van der Waals surface area contributed by atoms with Crippen molar-refractivity contribution in [2.75, 3.05) is 16.8 Å². The Morgan fingerprint density at radius 2 is 1.93 bits per heavy atom. The van der Waals surface area contributed by atoms with Gasteiger partial charge >= 0.3 is 6.18 Å². The number of carbonyl (C=O) groups excluding carboxylic acids is 2. The van der Waals surface area contributed by atoms with Crippen molar-refractivity contribution in [3.8, 4) is 0 Å². The van der Waals surface area contributed by atoms with E-state index in [9.17, 15) is 22.8 Å². The van der Waals surface area contributed by atoms with Gasteiger partial charge in [0.1, 0.15) is 12.4 Å². The maximum atomic E-state index is 13.0. The molecule has 156 valence electrons. The number of nitrogens with zero attached hydrogens (tertiary/aromatic N) is 4. The largest absolute Gasteiger partial charge is 0.416 e. The Morgan fingerprint density at radius 3 is 2.52 bits per heavy atom. The van der Waals surface area contributed by atoms with E-state index in [-0.39, 0.29) is 23.8 Å². The molecule has 0 bridgehead atoms. The SMILES string of the molecule is CC(Sc1nnc(C(C)C)n1C)C(=O)N1CC(=O)Nc2cc(C(F)(F)F)ccc21. The van der Waals surface area contributed by atoms with Gasteiger partial charge in [-0.25, -0.2) is 0 Å². The Balaban J connectivity index is 1.85. The first kappa shape index (κ1) is 21.2. The smallest absolute Gasteiger partial charge is 0.323 e. The number of alkyl halides is 3. The lowest BCUT2D eigenvalue weighted by molar-refractivity contribution is -0.137. The molecular weight excluding hydrogens is 407 g/mol. The highest BCUT2D eigenvalue weighted by Gasteiger charge is 2.35. The van der Waals surface area contributed by atoms with Crippen LogP contribution in [0.3, 0.4) is 0 Å². The van der Waals surface area contributed by atoms with Crippen molar-refractivity contribution < 1.29 is 22.8 Å². The van der Waals surface area contributed by atoms with Gasteiger partial charge < -0.3 is 9.88 Å². The fourth-order valence-electron chi connectivity index (χ4n) is 3.02. The summed E-state index contributed by atoms with van der Waals surface area (Å²) in [5.74, 6) is -0.0223. The summed E-state index contributed by atoms with van der Waals surface area (Å²) < 4.78 is 40.7. The number of halogens is 3. The number of aromatic nitrogens is 3. The molecule has 1 unspecified atom stereocenters. The lowest BCUT2D eigenvalue weighted by Gasteiger charge is -2.31. The summed E-state index contributed by atoms with van der Waals surface area (Å²) in [6.07, 6.45) is -4.55. The van der Waals surface area contributed by atoms with Crippen molar-refractivity contribution in [1.82, 2.24) is 14.8 Å². The number of hydrogen-bond acceptors (Lipinski definition) is 5. The molecule has 0 saturated carbocycles. The standard InChI is InChI=1S/C18H20F3N5O2S/c1-9(2)15-23-24-17(25(15)4)29-10(3)16(28)26-8-14(27)22-12-7-11(18(19,20)21)5-6-13(12)26/h5-7,9-10H,8H2,1-4H3,(H,22,27). The van der Waals surface area contributed by atoms with Gasteiger partial charge in [0.15, 0.2) is 5.16 Å². The van der Waals surface area contributed by atoms with Crippen molar-refractivity contribution in [3.05, 3.63) is 29.6 Å². The van der Waals surface area contributed by atoms with Gasteiger partial charge in [0, 0.05) is 13.0 Å². The van der Waals surface area contributed by atoms with Gasteiger partial charge in [-0.3, -0.25) is 14.5 Å². The van der Waals surface area contributed by atoms with E-state index in [1.165, 1.54) is 22.7 Å². The number of amides is 2. The normalized spacial score (nSPS) is 15.3. The minimum Gasteiger partial charge on any atom is -0.323 e. The zero-order valence-electron chi connectivity index (χ0n) is 16.2. The van der Waals surface area contributed by atoms with E-state index >= 15 is 0 Å². The van der Waals surface area contributed by atoms with Crippen LogP contribution < -0.4 is 10.2 Å². The molecule has 0 spiro atoms. The molecule has 0 saturated heterocycles. The molecule has 1 aliphatic heterocycles. The van der Waals surface area contributed by atoms with E-state index in [1.807, 2.05) is 13.8 Å². The molecule has 3 rings (SSSR count). The van der Waals surface area contributed by atoms with E-state index in [4.69, 9.17) is 0 Å². The van der Waals surface area contributed by atoms with Gasteiger partial charge in [0.05, 0.1) is 22.2 Å². The summed E-state index contributed by atoms with van der Waals surface area (Å²) in [7, 11) is 1.80. The van der Waals surface area contributed by atoms with Crippen LogP contribution in [0, 0.1) is 0 Å². The van der Waals surface area contributed by atoms with Gasteiger partial charge in [-0.05, 0) is 25.1 Å².